The highest BCUT2D eigenvalue weighted by molar-refractivity contribution is 7.89. The molecule has 2 aliphatic heterocycles. The Morgan fingerprint density at radius 2 is 1.69 bits per heavy atom. The van der Waals surface area contributed by atoms with Crippen molar-refractivity contribution in [2.75, 3.05) is 18.8 Å². The van der Waals surface area contributed by atoms with Crippen LogP contribution in [0.3, 0.4) is 0 Å². The molecule has 1 atom stereocenters. The van der Waals surface area contributed by atoms with E-state index in [-0.39, 0.29) is 11.5 Å². The number of aryl methyl sites for hydroxylation is 2. The van der Waals surface area contributed by atoms with Crippen molar-refractivity contribution < 1.29 is 19.2 Å². The molecular weight excluding hydrogens is 462 g/mol. The summed E-state index contributed by atoms with van der Waals surface area (Å²) in [5.41, 5.74) is 2.50. The molecule has 7 nitrogen and oxygen atoms in total. The van der Waals surface area contributed by atoms with E-state index in [0.717, 1.165) is 35.4 Å². The Morgan fingerprint density at radius 1 is 1.09 bits per heavy atom. The van der Waals surface area contributed by atoms with Crippen molar-refractivity contribution in [3.05, 3.63) is 34.4 Å². The Hall–Kier alpha value is -1.90. The highest BCUT2D eigenvalue weighted by Crippen LogP contribution is 2.32. The average Bonchev–Trinajstić information content (AvgIpc) is 3.12. The lowest BCUT2D eigenvalue weighted by atomic mass is 9.89. The molecular formula is C27H41N3O4S. The highest BCUT2D eigenvalue weighted by atomic mass is 32.2. The number of rotatable bonds is 13. The third kappa shape index (κ3) is 7.30. The molecule has 3 rings (SSSR count). The third-order valence-corrected chi connectivity index (χ3v) is 8.85. The molecule has 1 fully saturated rings. The fraction of sp³-hybridized carbons (Fsp3) is 0.667. The Balaban J connectivity index is 1.45. The normalized spacial score (nSPS) is 18.5. The molecule has 1 aromatic rings. The van der Waals surface area contributed by atoms with Crippen LogP contribution >= 0.6 is 0 Å². The molecule has 1 unspecified atom stereocenters. The van der Waals surface area contributed by atoms with Gasteiger partial charge in [-0.3, -0.25) is 9.79 Å². The summed E-state index contributed by atoms with van der Waals surface area (Å²) in [6.07, 6.45) is 11.3. The molecule has 2 heterocycles. The van der Waals surface area contributed by atoms with Gasteiger partial charge >= 0.3 is 5.97 Å². The molecule has 1 spiro atoms. The summed E-state index contributed by atoms with van der Waals surface area (Å²) in [6.45, 7) is 7.21. The van der Waals surface area contributed by atoms with Gasteiger partial charge in [-0.05, 0) is 61.9 Å². The lowest BCUT2D eigenvalue weighted by molar-refractivity contribution is -0.124. The van der Waals surface area contributed by atoms with Crippen molar-refractivity contribution in [3.8, 4) is 0 Å². The summed E-state index contributed by atoms with van der Waals surface area (Å²) in [7, 11) is 0. The largest absolute Gasteiger partial charge is 0.598 e. The minimum atomic E-state index is -1.15. The van der Waals surface area contributed by atoms with E-state index in [4.69, 9.17) is 4.99 Å². The number of piperidine rings is 1. The van der Waals surface area contributed by atoms with Crippen molar-refractivity contribution in [1.29, 1.82) is 0 Å². The van der Waals surface area contributed by atoms with E-state index >= 15 is 0 Å². The van der Waals surface area contributed by atoms with E-state index < -0.39 is 22.9 Å². The van der Waals surface area contributed by atoms with Crippen LogP contribution in [0.5, 0.6) is 0 Å². The van der Waals surface area contributed by atoms with Gasteiger partial charge < -0.3 is 15.0 Å². The maximum Gasteiger partial charge on any atom is 0.335 e. The summed E-state index contributed by atoms with van der Waals surface area (Å²) < 4.78 is 15.0. The predicted molar refractivity (Wildman–Crippen MR) is 141 cm³/mol. The highest BCUT2D eigenvalue weighted by Gasteiger charge is 2.47. The maximum atomic E-state index is 13.0. The van der Waals surface area contributed by atoms with Crippen LogP contribution in [0.4, 0.5) is 0 Å². The Kier molecular flexibility index (Phi) is 10.2. The molecule has 1 amide bonds. The van der Waals surface area contributed by atoms with Crippen molar-refractivity contribution in [2.24, 2.45) is 4.99 Å². The molecule has 8 heteroatoms. The van der Waals surface area contributed by atoms with Gasteiger partial charge in [0, 0.05) is 37.3 Å². The van der Waals surface area contributed by atoms with Gasteiger partial charge in [-0.25, -0.2) is 4.79 Å². The second-order valence-electron chi connectivity index (χ2n) is 10.0. The number of carboxylic acid groups (broad SMARTS) is 1. The zero-order valence-corrected chi connectivity index (χ0v) is 22.3. The second kappa shape index (κ2) is 12.9. The van der Waals surface area contributed by atoms with Crippen LogP contribution in [-0.2, 0) is 22.6 Å². The minimum absolute atomic E-state index is 0.00523. The van der Waals surface area contributed by atoms with Gasteiger partial charge in [0.05, 0.1) is 5.56 Å². The molecule has 0 bridgehead atoms. The van der Waals surface area contributed by atoms with Gasteiger partial charge in [-0.1, -0.05) is 45.4 Å². The smallest absolute Gasteiger partial charge is 0.335 e. The summed E-state index contributed by atoms with van der Waals surface area (Å²) in [5.74, 6) is 0.386. The number of carbonyl (C=O) groups is 2. The summed E-state index contributed by atoms with van der Waals surface area (Å²) in [6, 6.07) is 3.36. The van der Waals surface area contributed by atoms with Crippen LogP contribution in [0.25, 0.3) is 0 Å². The predicted octanol–water partition coefficient (Wildman–Crippen LogP) is 4.71. The molecule has 0 aromatic heterocycles. The van der Waals surface area contributed by atoms with Crippen LogP contribution in [-0.4, -0.2) is 56.1 Å². The molecule has 35 heavy (non-hydrogen) atoms. The summed E-state index contributed by atoms with van der Waals surface area (Å²) in [5, 5.41) is 12.2. The minimum Gasteiger partial charge on any atom is -0.598 e. The fourth-order valence-electron chi connectivity index (χ4n) is 5.18. The molecule has 0 aliphatic carbocycles. The van der Waals surface area contributed by atoms with Crippen LogP contribution in [0.2, 0.25) is 0 Å². The third-order valence-electron chi connectivity index (χ3n) is 7.35. The number of nitrogens with zero attached hydrogens (tertiary/aromatic N) is 2. The molecule has 1 aromatic carbocycles. The van der Waals surface area contributed by atoms with Crippen LogP contribution in [0, 0.1) is 13.8 Å². The number of nitrogens with one attached hydrogen (secondary N) is 1. The Labute approximate surface area is 213 Å². The second-order valence-corrected chi connectivity index (χ2v) is 11.6. The molecule has 0 saturated carbocycles. The van der Waals surface area contributed by atoms with Crippen LogP contribution in [0.15, 0.2) is 17.1 Å². The van der Waals surface area contributed by atoms with E-state index in [9.17, 15) is 19.2 Å². The molecule has 0 radical (unpaired) electrons. The number of hydrogen-bond donors (Lipinski definition) is 2. The molecule has 194 valence electrons. The van der Waals surface area contributed by atoms with Crippen molar-refractivity contribution in [1.82, 2.24) is 9.62 Å². The first kappa shape index (κ1) is 27.7. The lowest BCUT2D eigenvalue weighted by Crippen LogP contribution is -2.50. The topological polar surface area (TPSA) is 105 Å². The van der Waals surface area contributed by atoms with Crippen molar-refractivity contribution >= 4 is 29.1 Å². The Morgan fingerprint density at radius 3 is 2.29 bits per heavy atom. The number of aromatic carboxylic acids is 1. The summed E-state index contributed by atoms with van der Waals surface area (Å²) >= 11 is -1.15. The number of amides is 1. The number of aliphatic imine (C=N–C) groups is 1. The first-order chi connectivity index (χ1) is 16.8. The van der Waals surface area contributed by atoms with E-state index in [1.807, 2.05) is 18.2 Å². The number of carboxylic acids is 1. The van der Waals surface area contributed by atoms with E-state index in [2.05, 4.69) is 12.2 Å². The number of amidine groups is 1. The molecule has 1 saturated heterocycles. The molecule has 2 N–H and O–H groups in total. The fourth-order valence-corrected chi connectivity index (χ4v) is 6.41. The number of benzene rings is 1. The van der Waals surface area contributed by atoms with E-state index in [1.54, 1.807) is 12.1 Å². The monoisotopic (exact) mass is 503 g/mol. The first-order valence-corrected chi connectivity index (χ1v) is 14.4. The SMILES string of the molecule is CCCCCCCCCC1=NC2(CCN([S+]([O-])CCc3c(C)cc(C(=O)O)cc3C)CC2)C(=O)N1. The van der Waals surface area contributed by atoms with Gasteiger partial charge in [-0.2, -0.15) is 0 Å². The summed E-state index contributed by atoms with van der Waals surface area (Å²) in [4.78, 5) is 28.8. The number of hydrogen-bond acceptors (Lipinski definition) is 5. The number of carbonyl (C=O) groups excluding carboxylic acids is 1. The van der Waals surface area contributed by atoms with E-state index in [1.165, 1.54) is 38.5 Å². The molecule has 2 aliphatic rings. The quantitative estimate of drug-likeness (QED) is 0.300. The Bertz CT molecular complexity index is 902. The van der Waals surface area contributed by atoms with Crippen LogP contribution in [0.1, 0.15) is 98.2 Å². The van der Waals surface area contributed by atoms with Crippen molar-refractivity contribution in [3.63, 3.8) is 0 Å². The van der Waals surface area contributed by atoms with E-state index in [0.29, 0.717) is 38.1 Å². The average molecular weight is 504 g/mol. The van der Waals surface area contributed by atoms with Crippen LogP contribution < -0.4 is 5.32 Å². The van der Waals surface area contributed by atoms with Gasteiger partial charge in [0.1, 0.15) is 17.1 Å². The number of unbranched alkanes of at least 4 members (excludes halogenated alkanes) is 6. The van der Waals surface area contributed by atoms with Gasteiger partial charge in [0.25, 0.3) is 5.91 Å². The standard InChI is InChI=1S/C27H41N3O4S/c1-4-5-6-7-8-9-10-11-24-28-26(33)27(29-24)13-15-30(16-14-27)35(34)17-12-23-20(2)18-22(25(31)32)19-21(23)3/h18-19H,4-17H2,1-3H3,(H,31,32)(H,28,29,33). The van der Waals surface area contributed by atoms with Gasteiger partial charge in [0.15, 0.2) is 0 Å². The zero-order chi connectivity index (χ0) is 25.4. The zero-order valence-electron chi connectivity index (χ0n) is 21.5. The maximum absolute atomic E-state index is 13.0. The first-order valence-electron chi connectivity index (χ1n) is 13.1. The van der Waals surface area contributed by atoms with Gasteiger partial charge in [0.2, 0.25) is 0 Å². The lowest BCUT2D eigenvalue weighted by Gasteiger charge is -2.35. The van der Waals surface area contributed by atoms with Crippen molar-refractivity contribution in [2.45, 2.75) is 96.9 Å². The van der Waals surface area contributed by atoms with Gasteiger partial charge in [-0.15, -0.1) is 4.31 Å².